The molecular weight excluding hydrogens is 258 g/mol. The third-order valence-electron chi connectivity index (χ3n) is 3.55. The Morgan fingerprint density at radius 1 is 1.42 bits per heavy atom. The van der Waals surface area contributed by atoms with E-state index in [0.29, 0.717) is 6.04 Å². The van der Waals surface area contributed by atoms with Crippen LogP contribution in [0.4, 0.5) is 5.82 Å². The molecule has 0 aliphatic carbocycles. The number of anilines is 1. The van der Waals surface area contributed by atoms with E-state index in [2.05, 4.69) is 21.3 Å². The van der Waals surface area contributed by atoms with Gasteiger partial charge in [-0.3, -0.25) is 4.21 Å². The second-order valence-corrected chi connectivity index (χ2v) is 6.70. The summed E-state index contributed by atoms with van der Waals surface area (Å²) in [5.41, 5.74) is 0. The van der Waals surface area contributed by atoms with Gasteiger partial charge in [0, 0.05) is 54.2 Å². The molecule has 0 spiro atoms. The van der Waals surface area contributed by atoms with Crippen molar-refractivity contribution in [2.75, 3.05) is 36.0 Å². The molecule has 19 heavy (non-hydrogen) atoms. The Hall–Kier alpha value is -0.940. The molecule has 4 nitrogen and oxygen atoms in total. The number of pyridine rings is 1. The lowest BCUT2D eigenvalue weighted by Gasteiger charge is -2.33. The number of hydrogen-bond acceptors (Lipinski definition) is 4. The summed E-state index contributed by atoms with van der Waals surface area (Å²) in [6, 6.07) is 6.62. The fraction of sp³-hybridized carbons (Fsp3) is 0.643. The molecule has 0 aromatic carbocycles. The van der Waals surface area contributed by atoms with Gasteiger partial charge in [0.1, 0.15) is 5.82 Å². The number of nitrogens with one attached hydrogen (secondary N) is 1. The Bertz CT molecular complexity index is 391. The van der Waals surface area contributed by atoms with E-state index in [1.807, 2.05) is 25.3 Å². The molecule has 0 amide bonds. The van der Waals surface area contributed by atoms with Crippen molar-refractivity contribution in [2.24, 2.45) is 0 Å². The highest BCUT2D eigenvalue weighted by molar-refractivity contribution is 7.84. The van der Waals surface area contributed by atoms with Crippen LogP contribution in [0.15, 0.2) is 24.4 Å². The van der Waals surface area contributed by atoms with Gasteiger partial charge in [-0.2, -0.15) is 0 Å². The highest BCUT2D eigenvalue weighted by Crippen LogP contribution is 2.16. The van der Waals surface area contributed by atoms with Gasteiger partial charge in [0.25, 0.3) is 0 Å². The fourth-order valence-corrected chi connectivity index (χ4v) is 3.01. The Labute approximate surface area is 118 Å². The predicted molar refractivity (Wildman–Crippen MR) is 81.0 cm³/mol. The van der Waals surface area contributed by atoms with Crippen molar-refractivity contribution < 1.29 is 4.21 Å². The maximum absolute atomic E-state index is 11.3. The van der Waals surface area contributed by atoms with Crippen LogP contribution in [0, 0.1) is 0 Å². The van der Waals surface area contributed by atoms with E-state index in [1.165, 1.54) is 0 Å². The average molecular weight is 281 g/mol. The molecule has 1 aliphatic heterocycles. The van der Waals surface area contributed by atoms with Crippen molar-refractivity contribution >= 4 is 16.6 Å². The van der Waals surface area contributed by atoms with Crippen LogP contribution in [-0.4, -0.2) is 46.4 Å². The topological polar surface area (TPSA) is 45.2 Å². The van der Waals surface area contributed by atoms with Crippen molar-refractivity contribution in [3.63, 3.8) is 0 Å². The Balaban J connectivity index is 1.69. The molecule has 1 atom stereocenters. The summed E-state index contributed by atoms with van der Waals surface area (Å²) >= 11 is 0. The summed E-state index contributed by atoms with van der Waals surface area (Å²) in [6.45, 7) is 4.94. The molecule has 1 unspecified atom stereocenters. The minimum Gasteiger partial charge on any atom is -0.357 e. The third kappa shape index (κ3) is 4.58. The van der Waals surface area contributed by atoms with E-state index in [0.717, 1.165) is 49.8 Å². The first kappa shape index (κ1) is 14.5. The van der Waals surface area contributed by atoms with E-state index < -0.39 is 10.8 Å². The summed E-state index contributed by atoms with van der Waals surface area (Å²) in [7, 11) is -0.651. The van der Waals surface area contributed by atoms with Gasteiger partial charge >= 0.3 is 0 Å². The lowest BCUT2D eigenvalue weighted by Crippen LogP contribution is -2.43. The van der Waals surface area contributed by atoms with Gasteiger partial charge < -0.3 is 10.2 Å². The van der Waals surface area contributed by atoms with Crippen molar-refractivity contribution in [3.8, 4) is 0 Å². The molecule has 1 aliphatic rings. The van der Waals surface area contributed by atoms with Gasteiger partial charge in [0.2, 0.25) is 0 Å². The van der Waals surface area contributed by atoms with Crippen LogP contribution < -0.4 is 10.2 Å². The Morgan fingerprint density at radius 2 is 2.21 bits per heavy atom. The molecule has 1 aromatic heterocycles. The molecule has 1 fully saturated rings. The van der Waals surface area contributed by atoms with Gasteiger partial charge in [-0.25, -0.2) is 4.98 Å². The summed E-state index contributed by atoms with van der Waals surface area (Å²) in [5.74, 6) is 2.62. The zero-order chi connectivity index (χ0) is 13.5. The lowest BCUT2D eigenvalue weighted by atomic mass is 10.1. The molecule has 2 heterocycles. The Morgan fingerprint density at radius 3 is 2.84 bits per heavy atom. The van der Waals surface area contributed by atoms with Crippen LogP contribution >= 0.6 is 0 Å². The maximum atomic E-state index is 11.3. The normalized spacial score (nSPS) is 18.5. The minimum absolute atomic E-state index is 0.564. The average Bonchev–Trinajstić information content (AvgIpc) is 2.48. The van der Waals surface area contributed by atoms with E-state index in [-0.39, 0.29) is 0 Å². The molecular formula is C14H23N3OS. The quantitative estimate of drug-likeness (QED) is 0.856. The highest BCUT2D eigenvalue weighted by Gasteiger charge is 2.19. The van der Waals surface area contributed by atoms with E-state index in [9.17, 15) is 4.21 Å². The van der Waals surface area contributed by atoms with Gasteiger partial charge in [0.05, 0.1) is 0 Å². The van der Waals surface area contributed by atoms with Gasteiger partial charge in [0.15, 0.2) is 0 Å². The van der Waals surface area contributed by atoms with Crippen molar-refractivity contribution in [2.45, 2.75) is 25.8 Å². The number of nitrogens with zero attached hydrogens (tertiary/aromatic N) is 2. The second kappa shape index (κ2) is 7.60. The van der Waals surface area contributed by atoms with Gasteiger partial charge in [-0.15, -0.1) is 0 Å². The van der Waals surface area contributed by atoms with E-state index in [4.69, 9.17) is 0 Å². The summed E-state index contributed by atoms with van der Waals surface area (Å²) in [5, 5.41) is 3.52. The first-order valence-corrected chi connectivity index (χ1v) is 8.52. The number of hydrogen-bond donors (Lipinski definition) is 1. The molecule has 1 aromatic rings. The summed E-state index contributed by atoms with van der Waals surface area (Å²) in [6.07, 6.45) is 4.12. The maximum Gasteiger partial charge on any atom is 0.128 e. The monoisotopic (exact) mass is 281 g/mol. The zero-order valence-electron chi connectivity index (χ0n) is 11.5. The zero-order valence-corrected chi connectivity index (χ0v) is 12.4. The standard InChI is InChI=1S/C14H23N3OS/c1-2-19(18)12-9-15-13-6-10-17(11-7-13)14-5-3-4-8-16-14/h3-5,8,13,15H,2,6-7,9-12H2,1H3. The molecule has 1 saturated heterocycles. The van der Waals surface area contributed by atoms with Gasteiger partial charge in [-0.1, -0.05) is 13.0 Å². The van der Waals surface area contributed by atoms with Crippen LogP contribution in [-0.2, 0) is 10.8 Å². The van der Waals surface area contributed by atoms with E-state index >= 15 is 0 Å². The second-order valence-electron chi connectivity index (χ2n) is 4.84. The van der Waals surface area contributed by atoms with Crippen LogP contribution in [0.25, 0.3) is 0 Å². The molecule has 0 saturated carbocycles. The van der Waals surface area contributed by atoms with Crippen LogP contribution in [0.2, 0.25) is 0 Å². The van der Waals surface area contributed by atoms with Crippen molar-refractivity contribution in [3.05, 3.63) is 24.4 Å². The SMILES string of the molecule is CCS(=O)CCNC1CCN(c2ccccn2)CC1. The number of rotatable bonds is 6. The first-order valence-electron chi connectivity index (χ1n) is 7.04. The predicted octanol–water partition coefficient (Wildman–Crippen LogP) is 1.41. The van der Waals surface area contributed by atoms with Crippen molar-refractivity contribution in [1.82, 2.24) is 10.3 Å². The molecule has 0 bridgehead atoms. The first-order chi connectivity index (χ1) is 9.29. The minimum atomic E-state index is -0.651. The Kier molecular flexibility index (Phi) is 5.79. The van der Waals surface area contributed by atoms with Crippen molar-refractivity contribution in [1.29, 1.82) is 0 Å². The molecule has 2 rings (SSSR count). The lowest BCUT2D eigenvalue weighted by molar-refractivity contribution is 0.423. The molecule has 1 N–H and O–H groups in total. The fourth-order valence-electron chi connectivity index (χ4n) is 2.37. The third-order valence-corrected chi connectivity index (χ3v) is 4.86. The number of piperidine rings is 1. The van der Waals surface area contributed by atoms with Crippen LogP contribution in [0.5, 0.6) is 0 Å². The number of aromatic nitrogens is 1. The van der Waals surface area contributed by atoms with Gasteiger partial charge in [-0.05, 0) is 25.0 Å². The summed E-state index contributed by atoms with van der Waals surface area (Å²) in [4.78, 5) is 6.72. The largest absolute Gasteiger partial charge is 0.357 e. The molecule has 5 heteroatoms. The highest BCUT2D eigenvalue weighted by atomic mass is 32.2. The molecule has 0 radical (unpaired) electrons. The van der Waals surface area contributed by atoms with Crippen LogP contribution in [0.3, 0.4) is 0 Å². The molecule has 106 valence electrons. The van der Waals surface area contributed by atoms with Crippen LogP contribution in [0.1, 0.15) is 19.8 Å². The van der Waals surface area contributed by atoms with E-state index in [1.54, 1.807) is 0 Å². The smallest absolute Gasteiger partial charge is 0.128 e. The summed E-state index contributed by atoms with van der Waals surface area (Å²) < 4.78 is 11.3.